The van der Waals surface area contributed by atoms with Crippen molar-refractivity contribution in [2.75, 3.05) is 17.2 Å². The predicted octanol–water partition coefficient (Wildman–Crippen LogP) is 3.81. The summed E-state index contributed by atoms with van der Waals surface area (Å²) in [5.41, 5.74) is 9.15. The van der Waals surface area contributed by atoms with E-state index < -0.39 is 6.61 Å². The molecule has 2 N–H and O–H groups in total. The summed E-state index contributed by atoms with van der Waals surface area (Å²) in [4.78, 5) is 14.4. The molecule has 0 spiro atoms. The van der Waals surface area contributed by atoms with Crippen LogP contribution < -0.4 is 15.4 Å². The fourth-order valence-electron chi connectivity index (χ4n) is 3.01. The third-order valence-corrected chi connectivity index (χ3v) is 4.07. The van der Waals surface area contributed by atoms with Gasteiger partial charge in [0.1, 0.15) is 5.75 Å². The van der Waals surface area contributed by atoms with Crippen LogP contribution in [0.4, 0.5) is 20.2 Å². The molecule has 0 saturated carbocycles. The average Bonchev–Trinajstić information content (AvgIpc) is 2.54. The minimum Gasteiger partial charge on any atom is -0.435 e. The van der Waals surface area contributed by atoms with E-state index in [4.69, 9.17) is 5.73 Å². The largest absolute Gasteiger partial charge is 0.435 e. The van der Waals surface area contributed by atoms with Crippen molar-refractivity contribution in [1.82, 2.24) is 0 Å². The lowest BCUT2D eigenvalue weighted by Crippen LogP contribution is -2.36. The highest BCUT2D eigenvalue weighted by molar-refractivity contribution is 5.96. The first-order valence-electron chi connectivity index (χ1n) is 7.76. The summed E-state index contributed by atoms with van der Waals surface area (Å²) in [5, 5.41) is 0. The average molecular weight is 369 g/mol. The zero-order valence-corrected chi connectivity index (χ0v) is 14.3. The minimum atomic E-state index is -2.88. The summed E-state index contributed by atoms with van der Waals surface area (Å²) in [7, 11) is 0. The van der Waals surface area contributed by atoms with Crippen molar-refractivity contribution in [1.29, 1.82) is 0 Å². The SMILES string of the molecule is Cl.Nc1cccc2c1CCCN2C(=O)Cc1cccc(OC(F)F)c1. The van der Waals surface area contributed by atoms with Gasteiger partial charge in [-0.25, -0.2) is 0 Å². The monoisotopic (exact) mass is 368 g/mol. The van der Waals surface area contributed by atoms with Gasteiger partial charge in [0.25, 0.3) is 0 Å². The van der Waals surface area contributed by atoms with Crippen LogP contribution in [0.5, 0.6) is 5.75 Å². The van der Waals surface area contributed by atoms with E-state index in [1.165, 1.54) is 12.1 Å². The summed E-state index contributed by atoms with van der Waals surface area (Å²) < 4.78 is 29.0. The maximum absolute atomic E-state index is 12.7. The van der Waals surface area contributed by atoms with Crippen molar-refractivity contribution < 1.29 is 18.3 Å². The molecule has 3 rings (SSSR count). The molecule has 0 aliphatic carbocycles. The number of carbonyl (C=O) groups excluding carboxylic acids is 1. The molecule has 0 fully saturated rings. The molecule has 134 valence electrons. The maximum Gasteiger partial charge on any atom is 0.387 e. The summed E-state index contributed by atoms with van der Waals surface area (Å²) >= 11 is 0. The van der Waals surface area contributed by atoms with Gasteiger partial charge >= 0.3 is 6.61 Å². The number of ether oxygens (including phenoxy) is 1. The van der Waals surface area contributed by atoms with E-state index in [0.29, 0.717) is 17.8 Å². The summed E-state index contributed by atoms with van der Waals surface area (Å²) in [6.07, 6.45) is 1.82. The third-order valence-electron chi connectivity index (χ3n) is 4.07. The fourth-order valence-corrected chi connectivity index (χ4v) is 3.01. The van der Waals surface area contributed by atoms with E-state index >= 15 is 0 Å². The Hall–Kier alpha value is -2.34. The lowest BCUT2D eigenvalue weighted by atomic mass is 9.99. The van der Waals surface area contributed by atoms with Gasteiger partial charge in [-0.15, -0.1) is 12.4 Å². The molecule has 0 radical (unpaired) electrons. The van der Waals surface area contributed by atoms with Crippen molar-refractivity contribution in [3.63, 3.8) is 0 Å². The van der Waals surface area contributed by atoms with Crippen molar-refractivity contribution in [3.05, 3.63) is 53.6 Å². The van der Waals surface area contributed by atoms with Crippen molar-refractivity contribution in [3.8, 4) is 5.75 Å². The van der Waals surface area contributed by atoms with Crippen molar-refractivity contribution in [2.24, 2.45) is 0 Å². The molecule has 0 saturated heterocycles. The molecule has 25 heavy (non-hydrogen) atoms. The van der Waals surface area contributed by atoms with Gasteiger partial charge in [0.05, 0.1) is 6.42 Å². The molecule has 0 aromatic heterocycles. The number of amides is 1. The molecule has 2 aromatic rings. The standard InChI is InChI=1S/C18H18F2N2O2.ClH/c19-18(20)24-13-5-1-4-12(10-13)11-17(23)22-9-3-6-14-15(21)7-2-8-16(14)22;/h1-2,4-5,7-8,10,18H,3,6,9,11,21H2;1H. The highest BCUT2D eigenvalue weighted by atomic mass is 35.5. The number of anilines is 2. The number of nitrogens with zero attached hydrogens (tertiary/aromatic N) is 1. The molecule has 1 aliphatic heterocycles. The summed E-state index contributed by atoms with van der Waals surface area (Å²) in [5.74, 6) is -0.0330. The van der Waals surface area contributed by atoms with Gasteiger partial charge in [-0.05, 0) is 48.2 Å². The molecule has 0 bridgehead atoms. The maximum atomic E-state index is 12.7. The molecule has 2 aromatic carbocycles. The Balaban J connectivity index is 0.00000225. The second kappa shape index (κ2) is 8.16. The second-order valence-corrected chi connectivity index (χ2v) is 5.70. The van der Waals surface area contributed by atoms with Gasteiger partial charge in [-0.1, -0.05) is 18.2 Å². The molecule has 0 atom stereocenters. The molecular formula is C18H19ClF2N2O2. The fraction of sp³-hybridized carbons (Fsp3) is 0.278. The Labute approximate surface area is 151 Å². The van der Waals surface area contributed by atoms with Gasteiger partial charge in [0.2, 0.25) is 5.91 Å². The number of nitrogen functional groups attached to an aromatic ring is 1. The van der Waals surface area contributed by atoms with Crippen LogP contribution >= 0.6 is 12.4 Å². The van der Waals surface area contributed by atoms with E-state index in [2.05, 4.69) is 4.74 Å². The zero-order valence-electron chi connectivity index (χ0n) is 13.5. The van der Waals surface area contributed by atoms with E-state index in [1.54, 1.807) is 17.0 Å². The molecular weight excluding hydrogens is 350 g/mol. The first-order chi connectivity index (χ1) is 11.5. The topological polar surface area (TPSA) is 55.6 Å². The van der Waals surface area contributed by atoms with Crippen LogP contribution in [0.3, 0.4) is 0 Å². The highest BCUT2D eigenvalue weighted by Crippen LogP contribution is 2.31. The van der Waals surface area contributed by atoms with Gasteiger partial charge < -0.3 is 15.4 Å². The number of fused-ring (bicyclic) bond motifs is 1. The number of hydrogen-bond donors (Lipinski definition) is 1. The molecule has 0 unspecified atom stereocenters. The number of alkyl halides is 2. The zero-order chi connectivity index (χ0) is 17.1. The summed E-state index contributed by atoms with van der Waals surface area (Å²) in [6, 6.07) is 11.8. The van der Waals surface area contributed by atoms with Gasteiger partial charge in [0.15, 0.2) is 0 Å². The smallest absolute Gasteiger partial charge is 0.387 e. The van der Waals surface area contributed by atoms with Crippen LogP contribution in [0.2, 0.25) is 0 Å². The highest BCUT2D eigenvalue weighted by Gasteiger charge is 2.23. The van der Waals surface area contributed by atoms with E-state index in [0.717, 1.165) is 24.1 Å². The molecule has 1 amide bonds. The van der Waals surface area contributed by atoms with Gasteiger partial charge in [0, 0.05) is 17.9 Å². The number of carbonyl (C=O) groups is 1. The number of hydrogen-bond acceptors (Lipinski definition) is 3. The molecule has 4 nitrogen and oxygen atoms in total. The summed E-state index contributed by atoms with van der Waals surface area (Å²) in [6.45, 7) is -2.25. The number of rotatable bonds is 4. The third kappa shape index (κ3) is 4.39. The lowest BCUT2D eigenvalue weighted by Gasteiger charge is -2.30. The van der Waals surface area contributed by atoms with E-state index in [-0.39, 0.29) is 30.5 Å². The Morgan fingerprint density at radius 1 is 1.24 bits per heavy atom. The van der Waals surface area contributed by atoms with Crippen LogP contribution in [0, 0.1) is 0 Å². The molecule has 1 aliphatic rings. The van der Waals surface area contributed by atoms with E-state index in [1.807, 2.05) is 18.2 Å². The first kappa shape index (κ1) is 19.0. The Kier molecular flexibility index (Phi) is 6.20. The minimum absolute atomic E-state index is 0. The molecule has 1 heterocycles. The van der Waals surface area contributed by atoms with Crippen LogP contribution in [0.15, 0.2) is 42.5 Å². The van der Waals surface area contributed by atoms with Crippen LogP contribution in [-0.2, 0) is 17.6 Å². The van der Waals surface area contributed by atoms with Crippen LogP contribution in [0.1, 0.15) is 17.5 Å². The predicted molar refractivity (Wildman–Crippen MR) is 95.6 cm³/mol. The Morgan fingerprint density at radius 2 is 2.00 bits per heavy atom. The number of halogens is 3. The Bertz CT molecular complexity index is 756. The second-order valence-electron chi connectivity index (χ2n) is 5.70. The van der Waals surface area contributed by atoms with Crippen LogP contribution in [-0.4, -0.2) is 19.1 Å². The Morgan fingerprint density at radius 3 is 2.76 bits per heavy atom. The van der Waals surface area contributed by atoms with Crippen molar-refractivity contribution >= 4 is 29.7 Å². The van der Waals surface area contributed by atoms with Gasteiger partial charge in [-0.3, -0.25) is 4.79 Å². The van der Waals surface area contributed by atoms with E-state index in [9.17, 15) is 13.6 Å². The van der Waals surface area contributed by atoms with Crippen molar-refractivity contribution in [2.45, 2.75) is 25.9 Å². The van der Waals surface area contributed by atoms with Gasteiger partial charge in [-0.2, -0.15) is 8.78 Å². The van der Waals surface area contributed by atoms with Crippen LogP contribution in [0.25, 0.3) is 0 Å². The molecule has 7 heteroatoms. The first-order valence-corrected chi connectivity index (χ1v) is 7.76. The lowest BCUT2D eigenvalue weighted by molar-refractivity contribution is -0.118. The number of nitrogens with two attached hydrogens (primary N) is 1. The quantitative estimate of drug-likeness (QED) is 0.835. The normalized spacial score (nSPS) is 13.2. The number of benzene rings is 2.